The van der Waals surface area contributed by atoms with Crippen molar-refractivity contribution in [3.63, 3.8) is 0 Å². The van der Waals surface area contributed by atoms with Crippen molar-refractivity contribution in [2.45, 2.75) is 43.7 Å². The Morgan fingerprint density at radius 2 is 1.87 bits per heavy atom. The fourth-order valence-corrected chi connectivity index (χ4v) is 4.26. The fourth-order valence-electron chi connectivity index (χ4n) is 4.26. The zero-order valence-electron chi connectivity index (χ0n) is 8.59. The molecule has 0 aromatic rings. The number of hydrogen-bond donors (Lipinski definition) is 1. The minimum atomic E-state index is -0.612. The van der Waals surface area contributed by atoms with E-state index in [4.69, 9.17) is 10.6 Å². The molecule has 0 heterocycles. The van der Waals surface area contributed by atoms with Crippen LogP contribution in [-0.2, 0) is 4.84 Å². The largest absolute Gasteiger partial charge is 0.327 e. The van der Waals surface area contributed by atoms with Crippen molar-refractivity contribution in [3.05, 3.63) is 10.1 Å². The predicted octanol–water partition coefficient (Wildman–Crippen LogP) is 1.10. The predicted molar refractivity (Wildman–Crippen MR) is 52.3 cm³/mol. The Balaban J connectivity index is 1.85. The second kappa shape index (κ2) is 2.84. The van der Waals surface area contributed by atoms with Gasteiger partial charge in [-0.2, -0.15) is 0 Å². The van der Waals surface area contributed by atoms with E-state index in [0.717, 1.165) is 32.1 Å². The van der Waals surface area contributed by atoms with Gasteiger partial charge in [-0.25, -0.2) is 0 Å². The van der Waals surface area contributed by atoms with Gasteiger partial charge >= 0.3 is 0 Å². The highest BCUT2D eigenvalue weighted by Crippen LogP contribution is 2.56. The molecule has 0 aromatic carbocycles. The van der Waals surface area contributed by atoms with Crippen molar-refractivity contribution in [1.29, 1.82) is 0 Å². The Labute approximate surface area is 88.1 Å². The van der Waals surface area contributed by atoms with E-state index in [-0.39, 0.29) is 6.04 Å². The lowest BCUT2D eigenvalue weighted by molar-refractivity contribution is -0.785. The van der Waals surface area contributed by atoms with Gasteiger partial charge in [-0.1, -0.05) is 0 Å². The molecule has 5 nitrogen and oxygen atoms in total. The first-order valence-corrected chi connectivity index (χ1v) is 5.67. The van der Waals surface area contributed by atoms with Crippen molar-refractivity contribution in [1.82, 2.24) is 0 Å². The topological polar surface area (TPSA) is 78.4 Å². The van der Waals surface area contributed by atoms with Crippen LogP contribution in [0.4, 0.5) is 0 Å². The SMILES string of the molecule is NC1C2CC3CC1CC(O[N+](=O)[O-])(C3)C2. The van der Waals surface area contributed by atoms with Crippen molar-refractivity contribution < 1.29 is 9.92 Å². The summed E-state index contributed by atoms with van der Waals surface area (Å²) in [6.45, 7) is 0. The van der Waals surface area contributed by atoms with Gasteiger partial charge in [-0.15, -0.1) is 10.1 Å². The first kappa shape index (κ1) is 9.39. The maximum absolute atomic E-state index is 10.5. The summed E-state index contributed by atoms with van der Waals surface area (Å²) in [6.07, 6.45) is 4.76. The first-order chi connectivity index (χ1) is 7.08. The third kappa shape index (κ3) is 1.33. The number of nitrogens with zero attached hydrogens (tertiary/aromatic N) is 1. The molecule has 4 bridgehead atoms. The van der Waals surface area contributed by atoms with Crippen molar-refractivity contribution in [3.8, 4) is 0 Å². The van der Waals surface area contributed by atoms with Gasteiger partial charge in [-0.05, 0) is 49.9 Å². The van der Waals surface area contributed by atoms with Gasteiger partial charge in [0.15, 0.2) is 0 Å². The van der Waals surface area contributed by atoms with Crippen molar-refractivity contribution in [2.24, 2.45) is 23.5 Å². The lowest BCUT2D eigenvalue weighted by Gasteiger charge is -2.57. The molecule has 0 spiro atoms. The molecule has 4 rings (SSSR count). The molecule has 4 aliphatic carbocycles. The Bertz CT molecular complexity index is 291. The van der Waals surface area contributed by atoms with Crippen molar-refractivity contribution in [2.75, 3.05) is 0 Å². The van der Waals surface area contributed by atoms with Gasteiger partial charge in [0.25, 0.3) is 5.09 Å². The monoisotopic (exact) mass is 212 g/mol. The molecule has 4 aliphatic rings. The highest BCUT2D eigenvalue weighted by atomic mass is 17.0. The van der Waals surface area contributed by atoms with Gasteiger partial charge in [0.1, 0.15) is 5.60 Å². The summed E-state index contributed by atoms with van der Waals surface area (Å²) >= 11 is 0. The molecule has 2 atom stereocenters. The molecule has 4 fully saturated rings. The van der Waals surface area contributed by atoms with E-state index in [1.54, 1.807) is 0 Å². The van der Waals surface area contributed by atoms with E-state index in [1.807, 2.05) is 0 Å². The maximum Gasteiger partial charge on any atom is 0.295 e. The minimum absolute atomic E-state index is 0.255. The highest BCUT2D eigenvalue weighted by molar-refractivity contribution is 5.07. The van der Waals surface area contributed by atoms with Gasteiger partial charge in [0, 0.05) is 6.04 Å². The normalized spacial score (nSPS) is 51.8. The molecule has 84 valence electrons. The van der Waals surface area contributed by atoms with E-state index in [2.05, 4.69) is 0 Å². The second-order valence-corrected chi connectivity index (χ2v) is 5.55. The van der Waals surface area contributed by atoms with Crippen molar-refractivity contribution >= 4 is 0 Å². The molecule has 0 saturated heterocycles. The molecular weight excluding hydrogens is 196 g/mol. The van der Waals surface area contributed by atoms with Crippen LogP contribution < -0.4 is 5.73 Å². The maximum atomic E-state index is 10.5. The van der Waals surface area contributed by atoms with Crippen LogP contribution in [0.5, 0.6) is 0 Å². The summed E-state index contributed by atoms with van der Waals surface area (Å²) in [5.74, 6) is 1.52. The molecular formula is C10H16N2O3. The van der Waals surface area contributed by atoms with E-state index in [1.165, 1.54) is 0 Å². The summed E-state index contributed by atoms with van der Waals surface area (Å²) in [4.78, 5) is 15.5. The Morgan fingerprint density at radius 3 is 2.40 bits per heavy atom. The molecule has 2 N–H and O–H groups in total. The standard InChI is InChI=1S/C10H16N2O3/c11-9-7-1-6-2-8(9)5-10(3-6,4-7)15-12(13)14/h6-9H,1-5,11H2. The van der Waals surface area contributed by atoms with Crippen LogP contribution in [-0.4, -0.2) is 16.7 Å². The molecule has 0 aromatic heterocycles. The molecule has 0 radical (unpaired) electrons. The zero-order chi connectivity index (χ0) is 10.6. The summed E-state index contributed by atoms with van der Waals surface area (Å²) in [5, 5.41) is 9.91. The lowest BCUT2D eigenvalue weighted by atomic mass is 9.52. The lowest BCUT2D eigenvalue weighted by Crippen LogP contribution is -2.60. The first-order valence-electron chi connectivity index (χ1n) is 5.67. The molecule has 5 heteroatoms. The van der Waals surface area contributed by atoms with Crippen LogP contribution in [0.25, 0.3) is 0 Å². The Morgan fingerprint density at radius 1 is 1.27 bits per heavy atom. The van der Waals surface area contributed by atoms with Crippen LogP contribution in [0, 0.1) is 27.9 Å². The second-order valence-electron chi connectivity index (χ2n) is 5.55. The third-order valence-electron chi connectivity index (χ3n) is 4.56. The molecule has 15 heavy (non-hydrogen) atoms. The summed E-state index contributed by atoms with van der Waals surface area (Å²) < 4.78 is 0. The molecule has 0 aliphatic heterocycles. The number of nitrogens with two attached hydrogens (primary N) is 1. The van der Waals surface area contributed by atoms with Crippen LogP contribution in [0.3, 0.4) is 0 Å². The molecule has 2 unspecified atom stereocenters. The van der Waals surface area contributed by atoms with Crippen LogP contribution in [0.15, 0.2) is 0 Å². The average Bonchev–Trinajstić information content (AvgIpc) is 2.10. The number of hydrogen-bond acceptors (Lipinski definition) is 4. The van der Waals surface area contributed by atoms with Gasteiger partial charge in [0.05, 0.1) is 0 Å². The van der Waals surface area contributed by atoms with Gasteiger partial charge in [0.2, 0.25) is 0 Å². The van der Waals surface area contributed by atoms with E-state index >= 15 is 0 Å². The third-order valence-corrected chi connectivity index (χ3v) is 4.56. The molecule has 0 amide bonds. The number of rotatable bonds is 2. The summed E-state index contributed by atoms with van der Waals surface area (Å²) in [6, 6.07) is 0.255. The smallest absolute Gasteiger partial charge is 0.295 e. The van der Waals surface area contributed by atoms with E-state index in [9.17, 15) is 10.1 Å². The highest BCUT2D eigenvalue weighted by Gasteiger charge is 2.56. The van der Waals surface area contributed by atoms with Crippen LogP contribution >= 0.6 is 0 Å². The zero-order valence-corrected chi connectivity index (χ0v) is 8.59. The summed E-state index contributed by atoms with van der Waals surface area (Å²) in [7, 11) is 0. The Kier molecular flexibility index (Phi) is 1.78. The Hall–Kier alpha value is -0.840. The fraction of sp³-hybridized carbons (Fsp3) is 1.00. The quantitative estimate of drug-likeness (QED) is 0.549. The average molecular weight is 212 g/mol. The van der Waals surface area contributed by atoms with Gasteiger partial charge < -0.3 is 10.6 Å². The minimum Gasteiger partial charge on any atom is -0.327 e. The van der Waals surface area contributed by atoms with Crippen LogP contribution in [0.2, 0.25) is 0 Å². The summed E-state index contributed by atoms with van der Waals surface area (Å²) in [5.41, 5.74) is 5.66. The van der Waals surface area contributed by atoms with Gasteiger partial charge in [-0.3, -0.25) is 0 Å². The van der Waals surface area contributed by atoms with Crippen LogP contribution in [0.1, 0.15) is 32.1 Å². The molecule has 4 saturated carbocycles. The van der Waals surface area contributed by atoms with E-state index < -0.39 is 10.7 Å². The van der Waals surface area contributed by atoms with E-state index in [0.29, 0.717) is 17.8 Å².